The second-order valence-corrected chi connectivity index (χ2v) is 7.13. The third-order valence-electron chi connectivity index (χ3n) is 5.57. The number of benzene rings is 1. The lowest BCUT2D eigenvalue weighted by molar-refractivity contribution is 0.231. The summed E-state index contributed by atoms with van der Waals surface area (Å²) in [5.41, 5.74) is 3.06. The maximum atomic E-state index is 3.64. The molecule has 1 heterocycles. The molecule has 2 atom stereocenters. The van der Waals surface area contributed by atoms with Gasteiger partial charge in [0.05, 0.1) is 0 Å². The van der Waals surface area contributed by atoms with Gasteiger partial charge in [-0.2, -0.15) is 0 Å². The summed E-state index contributed by atoms with van der Waals surface area (Å²) in [6, 6.07) is 9.53. The smallest absolute Gasteiger partial charge is 0.00120 e. The van der Waals surface area contributed by atoms with Crippen LogP contribution in [0.1, 0.15) is 68.9 Å². The zero-order valence-corrected chi connectivity index (χ0v) is 13.1. The lowest BCUT2D eigenvalue weighted by atomic mass is 9.73. The van der Waals surface area contributed by atoms with E-state index in [2.05, 4.69) is 43.4 Å². The Balaban J connectivity index is 1.78. The molecule has 20 heavy (non-hydrogen) atoms. The fourth-order valence-electron chi connectivity index (χ4n) is 4.31. The summed E-state index contributed by atoms with van der Waals surface area (Å²) in [5, 5.41) is 3.64. The largest absolute Gasteiger partial charge is 0.316 e. The molecule has 1 aromatic carbocycles. The van der Waals surface area contributed by atoms with E-state index >= 15 is 0 Å². The first kappa shape index (κ1) is 14.1. The summed E-state index contributed by atoms with van der Waals surface area (Å²) >= 11 is 0. The second kappa shape index (κ2) is 6.30. The molecule has 0 amide bonds. The summed E-state index contributed by atoms with van der Waals surface area (Å²) in [6.45, 7) is 6.99. The third kappa shape index (κ3) is 2.93. The van der Waals surface area contributed by atoms with Gasteiger partial charge in [-0.25, -0.2) is 0 Å². The van der Waals surface area contributed by atoms with Gasteiger partial charge in [-0.1, -0.05) is 63.8 Å². The van der Waals surface area contributed by atoms with Crippen LogP contribution in [0.15, 0.2) is 24.3 Å². The highest BCUT2D eigenvalue weighted by atomic mass is 14.9. The molecule has 110 valence electrons. The quantitative estimate of drug-likeness (QED) is 0.840. The van der Waals surface area contributed by atoms with Crippen molar-refractivity contribution in [2.24, 2.45) is 11.8 Å². The monoisotopic (exact) mass is 271 g/mol. The van der Waals surface area contributed by atoms with Crippen LogP contribution in [0.2, 0.25) is 0 Å². The van der Waals surface area contributed by atoms with Gasteiger partial charge in [-0.15, -0.1) is 0 Å². The van der Waals surface area contributed by atoms with Crippen LogP contribution in [0.5, 0.6) is 0 Å². The van der Waals surface area contributed by atoms with Crippen molar-refractivity contribution in [1.82, 2.24) is 5.32 Å². The van der Waals surface area contributed by atoms with Gasteiger partial charge >= 0.3 is 0 Å². The Labute approximate surface area is 124 Å². The van der Waals surface area contributed by atoms with E-state index in [4.69, 9.17) is 0 Å². The van der Waals surface area contributed by atoms with E-state index in [9.17, 15) is 0 Å². The lowest BCUT2D eigenvalue weighted by Crippen LogP contribution is -2.38. The summed E-state index contributed by atoms with van der Waals surface area (Å²) in [6.07, 6.45) is 7.17. The first-order valence-corrected chi connectivity index (χ1v) is 8.56. The number of rotatable bonds is 3. The molecule has 2 aliphatic rings. The molecule has 1 N–H and O–H groups in total. The predicted molar refractivity (Wildman–Crippen MR) is 86.2 cm³/mol. The van der Waals surface area contributed by atoms with Crippen LogP contribution in [0.3, 0.4) is 0 Å². The SMILES string of the molecule is CC(C)c1ccc(C2CCNCC2C2CCCC2)cc1. The average Bonchev–Trinajstić information content (AvgIpc) is 3.01. The Bertz CT molecular complexity index is 414. The van der Waals surface area contributed by atoms with Crippen molar-refractivity contribution in [3.63, 3.8) is 0 Å². The van der Waals surface area contributed by atoms with Crippen LogP contribution in [-0.4, -0.2) is 13.1 Å². The number of nitrogens with one attached hydrogen (secondary N) is 1. The Hall–Kier alpha value is -0.820. The molecule has 1 saturated carbocycles. The van der Waals surface area contributed by atoms with Gasteiger partial charge in [0, 0.05) is 0 Å². The van der Waals surface area contributed by atoms with E-state index in [1.807, 2.05) is 0 Å². The van der Waals surface area contributed by atoms with Crippen LogP contribution >= 0.6 is 0 Å². The van der Waals surface area contributed by atoms with Crippen molar-refractivity contribution in [2.45, 2.75) is 57.8 Å². The second-order valence-electron chi connectivity index (χ2n) is 7.13. The molecule has 2 unspecified atom stereocenters. The Morgan fingerprint density at radius 2 is 1.70 bits per heavy atom. The number of piperidine rings is 1. The highest BCUT2D eigenvalue weighted by Gasteiger charge is 2.33. The minimum Gasteiger partial charge on any atom is -0.316 e. The molecular weight excluding hydrogens is 242 g/mol. The van der Waals surface area contributed by atoms with Crippen LogP contribution < -0.4 is 5.32 Å². The predicted octanol–water partition coefficient (Wildman–Crippen LogP) is 4.69. The summed E-state index contributed by atoms with van der Waals surface area (Å²) in [4.78, 5) is 0. The third-order valence-corrected chi connectivity index (χ3v) is 5.57. The van der Waals surface area contributed by atoms with Crippen molar-refractivity contribution >= 4 is 0 Å². The molecule has 1 aliphatic heterocycles. The fraction of sp³-hybridized carbons (Fsp3) is 0.684. The molecule has 1 heteroatoms. The molecule has 1 aromatic rings. The van der Waals surface area contributed by atoms with Gasteiger partial charge in [0.25, 0.3) is 0 Å². The first-order chi connectivity index (χ1) is 9.75. The van der Waals surface area contributed by atoms with E-state index in [-0.39, 0.29) is 0 Å². The maximum Gasteiger partial charge on any atom is -0.00120 e. The summed E-state index contributed by atoms with van der Waals surface area (Å²) in [7, 11) is 0. The number of hydrogen-bond acceptors (Lipinski definition) is 1. The molecule has 1 saturated heterocycles. The highest BCUT2D eigenvalue weighted by Crippen LogP contribution is 2.42. The Morgan fingerprint density at radius 3 is 2.35 bits per heavy atom. The van der Waals surface area contributed by atoms with E-state index in [1.54, 1.807) is 5.56 Å². The maximum absolute atomic E-state index is 3.64. The molecule has 0 aromatic heterocycles. The molecule has 0 spiro atoms. The van der Waals surface area contributed by atoms with Crippen molar-refractivity contribution in [1.29, 1.82) is 0 Å². The Morgan fingerprint density at radius 1 is 1.00 bits per heavy atom. The molecule has 3 rings (SSSR count). The topological polar surface area (TPSA) is 12.0 Å². The van der Waals surface area contributed by atoms with Crippen LogP contribution in [0.25, 0.3) is 0 Å². The molecular formula is C19H29N. The van der Waals surface area contributed by atoms with Crippen LogP contribution in [-0.2, 0) is 0 Å². The number of hydrogen-bond donors (Lipinski definition) is 1. The van der Waals surface area contributed by atoms with Crippen molar-refractivity contribution < 1.29 is 0 Å². The zero-order valence-electron chi connectivity index (χ0n) is 13.1. The minimum absolute atomic E-state index is 0.641. The van der Waals surface area contributed by atoms with Crippen molar-refractivity contribution in [3.05, 3.63) is 35.4 Å². The summed E-state index contributed by atoms with van der Waals surface area (Å²) < 4.78 is 0. The van der Waals surface area contributed by atoms with Crippen molar-refractivity contribution in [3.8, 4) is 0 Å². The molecule has 0 bridgehead atoms. The Kier molecular flexibility index (Phi) is 4.45. The lowest BCUT2D eigenvalue weighted by Gasteiger charge is -2.36. The van der Waals surface area contributed by atoms with Gasteiger partial charge in [0.2, 0.25) is 0 Å². The fourth-order valence-corrected chi connectivity index (χ4v) is 4.31. The molecule has 0 radical (unpaired) electrons. The van der Waals surface area contributed by atoms with Gasteiger partial charge in [-0.3, -0.25) is 0 Å². The average molecular weight is 271 g/mol. The molecule has 1 nitrogen and oxygen atoms in total. The van der Waals surface area contributed by atoms with E-state index in [0.29, 0.717) is 5.92 Å². The standard InChI is InChI=1S/C19H29N/c1-14(2)15-7-9-17(10-8-15)18-11-12-20-13-19(18)16-5-3-4-6-16/h7-10,14,16,18-20H,3-6,11-13H2,1-2H3. The van der Waals surface area contributed by atoms with E-state index < -0.39 is 0 Å². The first-order valence-electron chi connectivity index (χ1n) is 8.56. The van der Waals surface area contributed by atoms with E-state index in [0.717, 1.165) is 17.8 Å². The normalized spacial score (nSPS) is 28.1. The van der Waals surface area contributed by atoms with Crippen LogP contribution in [0, 0.1) is 11.8 Å². The summed E-state index contributed by atoms with van der Waals surface area (Å²) in [5.74, 6) is 3.27. The van der Waals surface area contributed by atoms with Gasteiger partial charge in [-0.05, 0) is 54.3 Å². The van der Waals surface area contributed by atoms with Gasteiger partial charge < -0.3 is 5.32 Å². The highest BCUT2D eigenvalue weighted by molar-refractivity contribution is 5.28. The van der Waals surface area contributed by atoms with Crippen molar-refractivity contribution in [2.75, 3.05) is 13.1 Å². The van der Waals surface area contributed by atoms with Gasteiger partial charge in [0.1, 0.15) is 0 Å². The van der Waals surface area contributed by atoms with Gasteiger partial charge in [0.15, 0.2) is 0 Å². The minimum atomic E-state index is 0.641. The molecule has 1 aliphatic carbocycles. The van der Waals surface area contributed by atoms with Crippen LogP contribution in [0.4, 0.5) is 0 Å². The molecule has 2 fully saturated rings. The zero-order chi connectivity index (χ0) is 13.9. The van der Waals surface area contributed by atoms with E-state index in [1.165, 1.54) is 50.8 Å².